The zero-order valence-corrected chi connectivity index (χ0v) is 11.5. The number of thiophene rings is 1. The lowest BCUT2D eigenvalue weighted by Crippen LogP contribution is -2.16. The Morgan fingerprint density at radius 1 is 1.40 bits per heavy atom. The quantitative estimate of drug-likeness (QED) is 0.896. The van der Waals surface area contributed by atoms with E-state index < -0.39 is 11.8 Å². The van der Waals surface area contributed by atoms with Gasteiger partial charge in [0, 0.05) is 10.6 Å². The van der Waals surface area contributed by atoms with Crippen LogP contribution in [0.4, 0.5) is 10.1 Å². The van der Waals surface area contributed by atoms with Gasteiger partial charge in [0.15, 0.2) is 0 Å². The first-order chi connectivity index (χ1) is 9.65. The van der Waals surface area contributed by atoms with Gasteiger partial charge in [-0.05, 0) is 54.5 Å². The Kier molecular flexibility index (Phi) is 3.44. The molecule has 1 heterocycles. The lowest BCUT2D eigenvalue weighted by molar-refractivity contribution is 0.0692. The molecule has 0 bridgehead atoms. The second-order valence-corrected chi connectivity index (χ2v) is 5.89. The van der Waals surface area contributed by atoms with Crippen molar-refractivity contribution in [2.24, 2.45) is 0 Å². The molecule has 1 unspecified atom stereocenters. The van der Waals surface area contributed by atoms with E-state index in [1.807, 2.05) is 0 Å². The van der Waals surface area contributed by atoms with Gasteiger partial charge in [-0.3, -0.25) is 0 Å². The van der Waals surface area contributed by atoms with Crippen molar-refractivity contribution >= 4 is 23.0 Å². The van der Waals surface area contributed by atoms with Crippen LogP contribution in [0.2, 0.25) is 0 Å². The second-order valence-electron chi connectivity index (χ2n) is 4.89. The number of fused-ring (bicyclic) bond motifs is 1. The fraction of sp³-hybridized carbons (Fsp3) is 0.267. The van der Waals surface area contributed by atoms with Crippen LogP contribution in [-0.2, 0) is 6.42 Å². The highest BCUT2D eigenvalue weighted by atomic mass is 32.1. The summed E-state index contributed by atoms with van der Waals surface area (Å²) in [5.41, 5.74) is 1.63. The van der Waals surface area contributed by atoms with Crippen LogP contribution in [0.3, 0.4) is 0 Å². The standard InChI is InChI=1S/C15H14FNO2S/c16-12-5-4-9(8-11(12)15(18)19)17-13-2-1-3-14-10(13)6-7-20-14/h4-8,13,17H,1-3H2,(H,18,19). The number of hydrogen-bond acceptors (Lipinski definition) is 3. The molecule has 0 aliphatic heterocycles. The third-order valence-corrected chi connectivity index (χ3v) is 4.59. The minimum atomic E-state index is -1.24. The van der Waals surface area contributed by atoms with Gasteiger partial charge in [-0.2, -0.15) is 0 Å². The number of aryl methyl sites for hydroxylation is 1. The minimum Gasteiger partial charge on any atom is -0.478 e. The van der Waals surface area contributed by atoms with Crippen molar-refractivity contribution in [1.82, 2.24) is 0 Å². The Bertz CT molecular complexity index is 653. The van der Waals surface area contributed by atoms with Crippen molar-refractivity contribution in [2.45, 2.75) is 25.3 Å². The molecule has 0 fully saturated rings. The van der Waals surface area contributed by atoms with Crippen LogP contribution in [0.15, 0.2) is 29.6 Å². The highest BCUT2D eigenvalue weighted by Gasteiger charge is 2.21. The molecule has 1 aliphatic rings. The van der Waals surface area contributed by atoms with Crippen molar-refractivity contribution in [1.29, 1.82) is 0 Å². The summed E-state index contributed by atoms with van der Waals surface area (Å²) in [7, 11) is 0. The Balaban J connectivity index is 1.86. The van der Waals surface area contributed by atoms with Crippen LogP contribution in [0.5, 0.6) is 0 Å². The number of halogens is 1. The normalized spacial score (nSPS) is 17.6. The number of hydrogen-bond donors (Lipinski definition) is 2. The first-order valence-corrected chi connectivity index (χ1v) is 7.39. The Morgan fingerprint density at radius 3 is 3.05 bits per heavy atom. The highest BCUT2D eigenvalue weighted by Crippen LogP contribution is 2.35. The summed E-state index contributed by atoms with van der Waals surface area (Å²) in [5, 5.41) is 14.4. The summed E-state index contributed by atoms with van der Waals surface area (Å²) in [6.07, 6.45) is 3.22. The molecule has 2 N–H and O–H groups in total. The van der Waals surface area contributed by atoms with Crippen molar-refractivity contribution in [3.8, 4) is 0 Å². The van der Waals surface area contributed by atoms with Gasteiger partial charge < -0.3 is 10.4 Å². The lowest BCUT2D eigenvalue weighted by Gasteiger charge is -2.24. The molecule has 1 atom stereocenters. The summed E-state index contributed by atoms with van der Waals surface area (Å²) < 4.78 is 13.4. The van der Waals surface area contributed by atoms with Crippen LogP contribution in [0.1, 0.15) is 39.7 Å². The lowest BCUT2D eigenvalue weighted by atomic mass is 9.94. The topological polar surface area (TPSA) is 49.3 Å². The van der Waals surface area contributed by atoms with Gasteiger partial charge >= 0.3 is 5.97 Å². The number of anilines is 1. The van der Waals surface area contributed by atoms with Gasteiger partial charge in [0.05, 0.1) is 11.6 Å². The molecular formula is C15H14FNO2S. The second kappa shape index (κ2) is 5.25. The Hall–Kier alpha value is -1.88. The van der Waals surface area contributed by atoms with Gasteiger partial charge in [-0.1, -0.05) is 0 Å². The average Bonchev–Trinajstić information content (AvgIpc) is 2.90. The minimum absolute atomic E-state index is 0.178. The molecule has 2 aromatic rings. The molecule has 104 valence electrons. The summed E-state index contributed by atoms with van der Waals surface area (Å²) in [6, 6.07) is 6.43. The fourth-order valence-electron chi connectivity index (χ4n) is 2.62. The van der Waals surface area contributed by atoms with Crippen molar-refractivity contribution in [2.75, 3.05) is 5.32 Å². The largest absolute Gasteiger partial charge is 0.478 e. The number of carboxylic acids is 1. The Morgan fingerprint density at radius 2 is 2.25 bits per heavy atom. The molecule has 3 rings (SSSR count). The van der Waals surface area contributed by atoms with Crippen LogP contribution in [-0.4, -0.2) is 11.1 Å². The van der Waals surface area contributed by atoms with Crippen molar-refractivity contribution in [3.05, 3.63) is 51.5 Å². The third kappa shape index (κ3) is 2.41. The predicted octanol–water partition coefficient (Wildman–Crippen LogP) is 4.07. The molecular weight excluding hydrogens is 277 g/mol. The van der Waals surface area contributed by atoms with E-state index in [9.17, 15) is 9.18 Å². The first kappa shape index (κ1) is 13.1. The molecule has 0 saturated heterocycles. The molecule has 0 amide bonds. The van der Waals surface area contributed by atoms with E-state index in [1.54, 1.807) is 17.4 Å². The maximum Gasteiger partial charge on any atom is 0.338 e. The number of carboxylic acid groups (broad SMARTS) is 1. The number of rotatable bonds is 3. The van der Waals surface area contributed by atoms with E-state index in [4.69, 9.17) is 5.11 Å². The maximum atomic E-state index is 13.4. The van der Waals surface area contributed by atoms with Gasteiger partial charge in [0.25, 0.3) is 0 Å². The zero-order valence-electron chi connectivity index (χ0n) is 10.7. The number of carbonyl (C=O) groups is 1. The first-order valence-electron chi connectivity index (χ1n) is 6.51. The van der Waals surface area contributed by atoms with E-state index in [2.05, 4.69) is 16.8 Å². The molecule has 1 aromatic carbocycles. The van der Waals surface area contributed by atoms with E-state index in [-0.39, 0.29) is 11.6 Å². The summed E-state index contributed by atoms with van der Waals surface area (Å²) in [4.78, 5) is 12.3. The molecule has 5 heteroatoms. The van der Waals surface area contributed by atoms with Gasteiger partial charge in [0.1, 0.15) is 5.82 Å². The zero-order chi connectivity index (χ0) is 14.1. The molecule has 3 nitrogen and oxygen atoms in total. The van der Waals surface area contributed by atoms with Crippen molar-refractivity contribution in [3.63, 3.8) is 0 Å². The monoisotopic (exact) mass is 291 g/mol. The number of nitrogens with one attached hydrogen (secondary N) is 1. The van der Waals surface area contributed by atoms with Crippen LogP contribution in [0.25, 0.3) is 0 Å². The molecule has 0 spiro atoms. The highest BCUT2D eigenvalue weighted by molar-refractivity contribution is 7.10. The number of benzene rings is 1. The van der Waals surface area contributed by atoms with Gasteiger partial charge in [-0.25, -0.2) is 9.18 Å². The SMILES string of the molecule is O=C(O)c1cc(NC2CCCc3sccc32)ccc1F. The van der Waals surface area contributed by atoms with E-state index >= 15 is 0 Å². The molecule has 0 radical (unpaired) electrons. The molecule has 1 aliphatic carbocycles. The molecule has 0 saturated carbocycles. The van der Waals surface area contributed by atoms with Crippen LogP contribution >= 0.6 is 11.3 Å². The summed E-state index contributed by atoms with van der Waals surface area (Å²) >= 11 is 1.76. The summed E-state index contributed by atoms with van der Waals surface area (Å²) in [5.74, 6) is -1.95. The van der Waals surface area contributed by atoms with E-state index in [0.717, 1.165) is 19.3 Å². The van der Waals surface area contributed by atoms with E-state index in [0.29, 0.717) is 5.69 Å². The molecule has 1 aromatic heterocycles. The summed E-state index contributed by atoms with van der Waals surface area (Å²) in [6.45, 7) is 0. The molecule has 20 heavy (non-hydrogen) atoms. The average molecular weight is 291 g/mol. The maximum absolute atomic E-state index is 13.4. The van der Waals surface area contributed by atoms with Crippen LogP contribution in [0, 0.1) is 5.82 Å². The predicted molar refractivity (Wildman–Crippen MR) is 77.0 cm³/mol. The Labute approximate surface area is 120 Å². The smallest absolute Gasteiger partial charge is 0.338 e. The van der Waals surface area contributed by atoms with Crippen LogP contribution < -0.4 is 5.32 Å². The number of aromatic carboxylic acids is 1. The van der Waals surface area contributed by atoms with Crippen molar-refractivity contribution < 1.29 is 14.3 Å². The van der Waals surface area contributed by atoms with E-state index in [1.165, 1.54) is 22.6 Å². The third-order valence-electron chi connectivity index (χ3n) is 3.59. The fourth-order valence-corrected chi connectivity index (χ4v) is 3.60. The van der Waals surface area contributed by atoms with Gasteiger partial charge in [0.2, 0.25) is 0 Å². The van der Waals surface area contributed by atoms with Gasteiger partial charge in [-0.15, -0.1) is 11.3 Å².